The zero-order valence-electron chi connectivity index (χ0n) is 27.9. The molecule has 0 fully saturated rings. The number of benzene rings is 4. The van der Waals surface area contributed by atoms with Crippen molar-refractivity contribution in [2.45, 2.75) is 51.0 Å². The molecule has 49 heavy (non-hydrogen) atoms. The van der Waals surface area contributed by atoms with E-state index in [-0.39, 0.29) is 29.5 Å². The van der Waals surface area contributed by atoms with Gasteiger partial charge in [-0.25, -0.2) is 17.5 Å². The monoisotopic (exact) mass is 695 g/mol. The summed E-state index contributed by atoms with van der Waals surface area (Å²) in [6, 6.07) is 27.6. The molecule has 2 heterocycles. The minimum atomic E-state index is -3.91. The molecule has 1 aliphatic rings. The Kier molecular flexibility index (Phi) is 9.37. The van der Waals surface area contributed by atoms with Gasteiger partial charge in [-0.15, -0.1) is 11.3 Å². The average molecular weight is 696 g/mol. The summed E-state index contributed by atoms with van der Waals surface area (Å²) in [7, 11) is -3.91. The van der Waals surface area contributed by atoms with Gasteiger partial charge >= 0.3 is 5.97 Å². The maximum atomic E-state index is 13.0. The molecular weight excluding hydrogens is 659 g/mol. The number of fused-ring (bicyclic) bond motifs is 2. The summed E-state index contributed by atoms with van der Waals surface area (Å²) in [6.45, 7) is 9.69. The van der Waals surface area contributed by atoms with Crippen molar-refractivity contribution in [2.24, 2.45) is 0 Å². The van der Waals surface area contributed by atoms with Crippen LogP contribution in [0, 0.1) is 0 Å². The molecule has 0 unspecified atom stereocenters. The minimum Gasteiger partial charge on any atom is -0.492 e. The molecule has 8 nitrogen and oxygen atoms in total. The first kappa shape index (κ1) is 34.0. The first-order chi connectivity index (χ1) is 23.3. The zero-order chi connectivity index (χ0) is 34.9. The van der Waals surface area contributed by atoms with E-state index in [9.17, 15) is 18.0 Å². The first-order valence-electron chi connectivity index (χ1n) is 16.0. The maximum absolute atomic E-state index is 13.0. The van der Waals surface area contributed by atoms with Gasteiger partial charge in [0.15, 0.2) is 5.75 Å². The highest BCUT2D eigenvalue weighted by Crippen LogP contribution is 2.49. The van der Waals surface area contributed by atoms with Crippen LogP contribution in [0.4, 0.5) is 0 Å². The summed E-state index contributed by atoms with van der Waals surface area (Å²) in [6.07, 6.45) is 3.12. The van der Waals surface area contributed by atoms with Crippen LogP contribution in [0.3, 0.4) is 0 Å². The van der Waals surface area contributed by atoms with Gasteiger partial charge in [-0.2, -0.15) is 0 Å². The van der Waals surface area contributed by atoms with Crippen LogP contribution in [0.15, 0.2) is 102 Å². The first-order valence-corrected chi connectivity index (χ1v) is 18.2. The molecule has 4 aromatic carbocycles. The second-order valence-electron chi connectivity index (χ2n) is 12.9. The number of esters is 1. The Hall–Kier alpha value is -4.93. The number of sulfonamides is 1. The lowest BCUT2D eigenvalue weighted by molar-refractivity contribution is -0.148. The molecule has 0 N–H and O–H groups in total. The molecule has 0 atom stereocenters. The second-order valence-corrected chi connectivity index (χ2v) is 15.8. The molecule has 10 heteroatoms. The van der Waals surface area contributed by atoms with E-state index in [1.54, 1.807) is 29.5 Å². The van der Waals surface area contributed by atoms with E-state index in [1.165, 1.54) is 23.8 Å². The third-order valence-electron chi connectivity index (χ3n) is 7.84. The van der Waals surface area contributed by atoms with Gasteiger partial charge in [0.1, 0.15) is 28.6 Å². The van der Waals surface area contributed by atoms with Crippen molar-refractivity contribution in [3.63, 3.8) is 0 Å². The van der Waals surface area contributed by atoms with Gasteiger partial charge in [0.25, 0.3) is 15.9 Å². The third-order valence-corrected chi connectivity index (χ3v) is 10.8. The smallest absolute Gasteiger partial charge is 0.331 e. The largest absolute Gasteiger partial charge is 0.492 e. The SMILES string of the molecule is CC(C)c1ccccc1-c1sc2cc(OCCN3C(=O)c4ccccc4S3(=O)=O)ccc2c1Oc1ccc(/C=C/C(=O)OC(C)(C)C)cc1. The standard InChI is InChI=1S/C39H37NO7S2/c1-25(2)29-10-6-7-11-30(29)37-36(46-27-17-14-26(15-18-27)16-21-35(41)47-39(3,4)5)31-20-19-28(24-33(31)48-37)45-23-22-40-38(42)32-12-8-9-13-34(32)49(40,43)44/h6-21,24-25H,22-23H2,1-5H3/b21-16+. The van der Waals surface area contributed by atoms with E-state index in [1.807, 2.05) is 75.4 Å². The predicted molar refractivity (Wildman–Crippen MR) is 193 cm³/mol. The van der Waals surface area contributed by atoms with E-state index in [2.05, 4.69) is 26.0 Å². The average Bonchev–Trinajstić information content (AvgIpc) is 3.51. The molecule has 0 radical (unpaired) electrons. The predicted octanol–water partition coefficient (Wildman–Crippen LogP) is 9.06. The van der Waals surface area contributed by atoms with Crippen molar-refractivity contribution < 1.29 is 32.2 Å². The van der Waals surface area contributed by atoms with Crippen LogP contribution >= 0.6 is 11.3 Å². The Morgan fingerprint density at radius 2 is 1.57 bits per heavy atom. The van der Waals surface area contributed by atoms with E-state index in [4.69, 9.17) is 14.2 Å². The fourth-order valence-corrected chi connectivity index (χ4v) is 8.35. The van der Waals surface area contributed by atoms with Crippen LogP contribution in [-0.4, -0.2) is 43.4 Å². The number of carbonyl (C=O) groups excluding carboxylic acids is 2. The van der Waals surface area contributed by atoms with Crippen molar-refractivity contribution in [2.75, 3.05) is 13.2 Å². The Labute approximate surface area is 290 Å². The molecule has 0 bridgehead atoms. The highest BCUT2D eigenvalue weighted by molar-refractivity contribution is 7.90. The van der Waals surface area contributed by atoms with Crippen molar-refractivity contribution in [3.8, 4) is 27.7 Å². The number of rotatable bonds is 10. The highest BCUT2D eigenvalue weighted by Gasteiger charge is 2.40. The molecule has 1 amide bonds. The summed E-state index contributed by atoms with van der Waals surface area (Å²) in [5.74, 6) is 1.22. The minimum absolute atomic E-state index is 0.00302. The van der Waals surface area contributed by atoms with Crippen molar-refractivity contribution >= 4 is 49.4 Å². The van der Waals surface area contributed by atoms with E-state index in [0.29, 0.717) is 17.2 Å². The van der Waals surface area contributed by atoms with Crippen LogP contribution < -0.4 is 9.47 Å². The van der Waals surface area contributed by atoms with Crippen LogP contribution in [0.2, 0.25) is 0 Å². The van der Waals surface area contributed by atoms with E-state index < -0.39 is 27.5 Å². The second kappa shape index (κ2) is 13.5. The number of amides is 1. The van der Waals surface area contributed by atoms with Crippen LogP contribution in [0.1, 0.15) is 62.0 Å². The Morgan fingerprint density at radius 1 is 0.898 bits per heavy atom. The molecule has 1 aliphatic heterocycles. The van der Waals surface area contributed by atoms with Gasteiger partial charge in [-0.3, -0.25) is 4.79 Å². The van der Waals surface area contributed by atoms with Crippen LogP contribution in [-0.2, 0) is 19.6 Å². The van der Waals surface area contributed by atoms with Crippen molar-refractivity contribution in [1.82, 2.24) is 4.31 Å². The van der Waals surface area contributed by atoms with Crippen molar-refractivity contribution in [1.29, 1.82) is 0 Å². The molecule has 0 aliphatic carbocycles. The number of carbonyl (C=O) groups is 2. The third kappa shape index (κ3) is 7.25. The summed E-state index contributed by atoms with van der Waals surface area (Å²) in [5, 5.41) is 0.896. The topological polar surface area (TPSA) is 99.2 Å². The molecule has 5 aromatic rings. The number of thiophene rings is 1. The van der Waals surface area contributed by atoms with Crippen molar-refractivity contribution in [3.05, 3.63) is 114 Å². The molecule has 0 spiro atoms. The van der Waals surface area contributed by atoms with Gasteiger partial charge in [-0.05, 0) is 91.9 Å². The summed E-state index contributed by atoms with van der Waals surface area (Å²) < 4.78 is 45.6. The Bertz CT molecular complexity index is 2180. The fraction of sp³-hybridized carbons (Fsp3) is 0.231. The van der Waals surface area contributed by atoms with Gasteiger partial charge in [-0.1, -0.05) is 62.4 Å². The lowest BCUT2D eigenvalue weighted by atomic mass is 9.96. The molecule has 0 saturated carbocycles. The molecule has 1 aromatic heterocycles. The molecular formula is C39H37NO7S2. The van der Waals surface area contributed by atoms with Gasteiger partial charge < -0.3 is 14.2 Å². The van der Waals surface area contributed by atoms with E-state index in [0.717, 1.165) is 30.4 Å². The lowest BCUT2D eigenvalue weighted by Gasteiger charge is -2.17. The number of nitrogens with zero attached hydrogens (tertiary/aromatic N) is 1. The number of ether oxygens (including phenoxy) is 3. The van der Waals surface area contributed by atoms with Gasteiger partial charge in [0.2, 0.25) is 0 Å². The molecule has 6 rings (SSSR count). The van der Waals surface area contributed by atoms with Gasteiger partial charge in [0.05, 0.1) is 17.0 Å². The Balaban J connectivity index is 1.26. The maximum Gasteiger partial charge on any atom is 0.331 e. The highest BCUT2D eigenvalue weighted by atomic mass is 32.2. The van der Waals surface area contributed by atoms with Crippen LogP contribution in [0.25, 0.3) is 26.6 Å². The zero-order valence-corrected chi connectivity index (χ0v) is 29.6. The number of hydrogen-bond acceptors (Lipinski definition) is 8. The van der Waals surface area contributed by atoms with Gasteiger partial charge in [0, 0.05) is 16.2 Å². The summed E-state index contributed by atoms with van der Waals surface area (Å²) >= 11 is 1.58. The lowest BCUT2D eigenvalue weighted by Crippen LogP contribution is -2.33. The summed E-state index contributed by atoms with van der Waals surface area (Å²) in [4.78, 5) is 25.9. The molecule has 252 valence electrons. The quantitative estimate of drug-likeness (QED) is 0.106. The summed E-state index contributed by atoms with van der Waals surface area (Å²) in [5.41, 5.74) is 2.70. The number of hydrogen-bond donors (Lipinski definition) is 0. The normalized spacial score (nSPS) is 14.1. The van der Waals surface area contributed by atoms with Crippen LogP contribution in [0.5, 0.6) is 17.2 Å². The van der Waals surface area contributed by atoms with E-state index >= 15 is 0 Å². The fourth-order valence-electron chi connectivity index (χ4n) is 5.59. The Morgan fingerprint density at radius 3 is 2.27 bits per heavy atom. The molecule has 0 saturated heterocycles.